The Morgan fingerprint density at radius 2 is 1.75 bits per heavy atom. The van der Waals surface area contributed by atoms with Gasteiger partial charge in [0.25, 0.3) is 0 Å². The zero-order valence-corrected chi connectivity index (χ0v) is 16.9. The van der Waals surface area contributed by atoms with Gasteiger partial charge in [-0.25, -0.2) is 18.2 Å². The molecule has 0 aliphatic rings. The van der Waals surface area contributed by atoms with Crippen molar-refractivity contribution >= 4 is 5.52 Å². The van der Waals surface area contributed by atoms with Crippen molar-refractivity contribution < 1.29 is 13.2 Å². The van der Waals surface area contributed by atoms with Gasteiger partial charge in [-0.3, -0.25) is 4.79 Å². The average Bonchev–Trinajstić information content (AvgIpc) is 3.20. The molecule has 0 bridgehead atoms. The number of aromatic nitrogens is 3. The van der Waals surface area contributed by atoms with Crippen molar-refractivity contribution in [3.05, 3.63) is 106 Å². The second-order valence-electron chi connectivity index (χ2n) is 7.45. The molecule has 7 heteroatoms. The first-order chi connectivity index (χ1) is 15.4. The molecule has 0 saturated carbocycles. The minimum absolute atomic E-state index is 0.108. The quantitative estimate of drug-likeness (QED) is 0.396. The van der Waals surface area contributed by atoms with Crippen molar-refractivity contribution in [2.75, 3.05) is 0 Å². The number of hydrogen-bond acceptors (Lipinski definition) is 2. The molecule has 5 rings (SSSR count). The monoisotopic (exact) mass is 431 g/mol. The summed E-state index contributed by atoms with van der Waals surface area (Å²) in [5, 5.41) is 0. The third-order valence-electron chi connectivity index (χ3n) is 5.32. The maximum Gasteiger partial charge on any atom is 0.190 e. The second kappa shape index (κ2) is 7.53. The van der Waals surface area contributed by atoms with E-state index in [1.807, 2.05) is 6.92 Å². The van der Waals surface area contributed by atoms with E-state index in [1.165, 1.54) is 24.4 Å². The molecule has 5 aromatic rings. The van der Waals surface area contributed by atoms with Gasteiger partial charge in [-0.15, -0.1) is 0 Å². The van der Waals surface area contributed by atoms with Gasteiger partial charge in [0, 0.05) is 46.9 Å². The minimum atomic E-state index is -0.737. The molecule has 0 fully saturated rings. The second-order valence-corrected chi connectivity index (χ2v) is 7.45. The first kappa shape index (κ1) is 19.8. The highest BCUT2D eigenvalue weighted by molar-refractivity contribution is 5.84. The van der Waals surface area contributed by atoms with Crippen LogP contribution in [0, 0.1) is 24.4 Å². The summed E-state index contributed by atoms with van der Waals surface area (Å²) in [5.74, 6) is -1.44. The van der Waals surface area contributed by atoms with Crippen LogP contribution in [0.1, 0.15) is 5.69 Å². The van der Waals surface area contributed by atoms with E-state index in [-0.39, 0.29) is 22.1 Å². The number of halogens is 3. The van der Waals surface area contributed by atoms with Gasteiger partial charge in [-0.2, -0.15) is 0 Å². The van der Waals surface area contributed by atoms with E-state index in [2.05, 4.69) is 9.97 Å². The van der Waals surface area contributed by atoms with E-state index < -0.39 is 17.5 Å². The third kappa shape index (κ3) is 3.28. The molecule has 0 amide bonds. The summed E-state index contributed by atoms with van der Waals surface area (Å²) in [6.07, 6.45) is 3.16. The SMILES string of the molecule is Cc1cnc(-c2ccc(F)c(-c3c(=O)ccn4c(-c5ccc(F)cc5F)cccc34)c2)[nH]1. The number of aryl methyl sites for hydroxylation is 1. The van der Waals surface area contributed by atoms with E-state index in [0.717, 1.165) is 17.8 Å². The van der Waals surface area contributed by atoms with E-state index in [1.54, 1.807) is 40.9 Å². The number of nitrogens with zero attached hydrogens (tertiary/aromatic N) is 2. The van der Waals surface area contributed by atoms with Crippen LogP contribution in [-0.2, 0) is 0 Å². The summed E-state index contributed by atoms with van der Waals surface area (Å²) >= 11 is 0. The van der Waals surface area contributed by atoms with E-state index in [4.69, 9.17) is 0 Å². The summed E-state index contributed by atoms with van der Waals surface area (Å²) in [4.78, 5) is 20.2. The minimum Gasteiger partial charge on any atom is -0.342 e. The van der Waals surface area contributed by atoms with Crippen molar-refractivity contribution in [2.45, 2.75) is 6.92 Å². The average molecular weight is 431 g/mol. The Labute approximate surface area is 180 Å². The number of fused-ring (bicyclic) bond motifs is 1. The third-order valence-corrected chi connectivity index (χ3v) is 5.32. The summed E-state index contributed by atoms with van der Waals surface area (Å²) in [5.41, 5.74) is 2.29. The van der Waals surface area contributed by atoms with Crippen LogP contribution in [0.4, 0.5) is 13.2 Å². The molecule has 32 heavy (non-hydrogen) atoms. The largest absolute Gasteiger partial charge is 0.342 e. The van der Waals surface area contributed by atoms with Crippen molar-refractivity contribution in [3.63, 3.8) is 0 Å². The smallest absolute Gasteiger partial charge is 0.190 e. The molecular weight excluding hydrogens is 415 g/mol. The van der Waals surface area contributed by atoms with Gasteiger partial charge in [0.15, 0.2) is 5.43 Å². The number of nitrogens with one attached hydrogen (secondary N) is 1. The zero-order chi connectivity index (χ0) is 22.4. The Bertz CT molecular complexity index is 1550. The normalized spacial score (nSPS) is 11.2. The molecule has 0 radical (unpaired) electrons. The Balaban J connectivity index is 1.77. The molecule has 0 unspecified atom stereocenters. The van der Waals surface area contributed by atoms with Crippen molar-refractivity contribution in [3.8, 4) is 33.8 Å². The van der Waals surface area contributed by atoms with Crippen LogP contribution in [0.3, 0.4) is 0 Å². The lowest BCUT2D eigenvalue weighted by molar-refractivity contribution is 0.585. The summed E-state index contributed by atoms with van der Waals surface area (Å²) in [6.45, 7) is 1.86. The first-order valence-corrected chi connectivity index (χ1v) is 9.84. The molecule has 4 nitrogen and oxygen atoms in total. The standard InChI is InChI=1S/C25H16F3N3O/c1-14-13-29-25(30-14)15-5-8-19(27)18(11-15)24-22-4-2-3-21(31(22)10-9-23(24)32)17-7-6-16(26)12-20(17)28/h2-13H,1H3,(H,29,30). The van der Waals surface area contributed by atoms with Gasteiger partial charge in [0.2, 0.25) is 0 Å². The molecule has 0 aliphatic carbocycles. The molecule has 0 spiro atoms. The van der Waals surface area contributed by atoms with Gasteiger partial charge in [-0.05, 0) is 49.4 Å². The lowest BCUT2D eigenvalue weighted by atomic mass is 10.00. The van der Waals surface area contributed by atoms with Crippen LogP contribution >= 0.6 is 0 Å². The van der Waals surface area contributed by atoms with Crippen molar-refractivity contribution in [2.24, 2.45) is 0 Å². The van der Waals surface area contributed by atoms with Crippen LogP contribution in [-0.4, -0.2) is 14.4 Å². The molecule has 0 atom stereocenters. The summed E-state index contributed by atoms with van der Waals surface area (Å²) in [6, 6.07) is 14.0. The van der Waals surface area contributed by atoms with Crippen molar-refractivity contribution in [1.82, 2.24) is 14.4 Å². The number of benzene rings is 2. The number of H-pyrrole nitrogens is 1. The van der Waals surface area contributed by atoms with E-state index in [9.17, 15) is 18.0 Å². The number of pyridine rings is 2. The van der Waals surface area contributed by atoms with Gasteiger partial charge in [0.1, 0.15) is 23.3 Å². The molecule has 3 heterocycles. The molecular formula is C25H16F3N3O. The maximum atomic E-state index is 14.9. The van der Waals surface area contributed by atoms with E-state index in [0.29, 0.717) is 22.6 Å². The lowest BCUT2D eigenvalue weighted by Crippen LogP contribution is -2.09. The van der Waals surface area contributed by atoms with Gasteiger partial charge in [-0.1, -0.05) is 6.07 Å². The van der Waals surface area contributed by atoms with Crippen LogP contribution in [0.2, 0.25) is 0 Å². The Morgan fingerprint density at radius 1 is 0.906 bits per heavy atom. The fourth-order valence-electron chi connectivity index (χ4n) is 3.85. The Kier molecular flexibility index (Phi) is 4.66. The molecule has 3 aromatic heterocycles. The predicted octanol–water partition coefficient (Wildman–Crippen LogP) is 5.75. The Morgan fingerprint density at radius 3 is 2.50 bits per heavy atom. The number of aromatic amines is 1. The molecule has 1 N–H and O–H groups in total. The lowest BCUT2D eigenvalue weighted by Gasteiger charge is -2.14. The topological polar surface area (TPSA) is 50.2 Å². The molecule has 2 aromatic carbocycles. The number of hydrogen-bond donors (Lipinski definition) is 1. The highest BCUT2D eigenvalue weighted by atomic mass is 19.1. The zero-order valence-electron chi connectivity index (χ0n) is 16.9. The summed E-state index contributed by atoms with van der Waals surface area (Å²) < 4.78 is 44.4. The highest BCUT2D eigenvalue weighted by Gasteiger charge is 2.17. The maximum absolute atomic E-state index is 14.9. The Hall–Kier alpha value is -4.13. The van der Waals surface area contributed by atoms with Gasteiger partial charge < -0.3 is 9.38 Å². The van der Waals surface area contributed by atoms with Crippen LogP contribution in [0.5, 0.6) is 0 Å². The fourth-order valence-corrected chi connectivity index (χ4v) is 3.85. The van der Waals surface area contributed by atoms with Crippen LogP contribution in [0.15, 0.2) is 77.9 Å². The number of rotatable bonds is 3. The fraction of sp³-hybridized carbons (Fsp3) is 0.0400. The van der Waals surface area contributed by atoms with Gasteiger partial charge >= 0.3 is 0 Å². The number of imidazole rings is 1. The molecule has 0 saturated heterocycles. The molecule has 0 aliphatic heterocycles. The van der Waals surface area contributed by atoms with Crippen LogP contribution < -0.4 is 5.43 Å². The highest BCUT2D eigenvalue weighted by Crippen LogP contribution is 2.31. The molecule has 158 valence electrons. The summed E-state index contributed by atoms with van der Waals surface area (Å²) in [7, 11) is 0. The van der Waals surface area contributed by atoms with Crippen molar-refractivity contribution in [1.29, 1.82) is 0 Å². The first-order valence-electron chi connectivity index (χ1n) is 9.84. The van der Waals surface area contributed by atoms with Gasteiger partial charge in [0.05, 0.1) is 16.8 Å². The predicted molar refractivity (Wildman–Crippen MR) is 117 cm³/mol. The van der Waals surface area contributed by atoms with E-state index >= 15 is 0 Å². The van der Waals surface area contributed by atoms with Crippen LogP contribution in [0.25, 0.3) is 39.3 Å².